The summed E-state index contributed by atoms with van der Waals surface area (Å²) >= 11 is 0. The number of aryl methyl sites for hydroxylation is 3. The Morgan fingerprint density at radius 3 is 2.36 bits per heavy atom. The van der Waals surface area contributed by atoms with Crippen molar-refractivity contribution in [1.82, 2.24) is 14.9 Å². The van der Waals surface area contributed by atoms with Crippen LogP contribution in [-0.4, -0.2) is 26.5 Å². The van der Waals surface area contributed by atoms with E-state index in [0.29, 0.717) is 12.1 Å². The molecule has 8 heteroatoms. The van der Waals surface area contributed by atoms with Gasteiger partial charge < -0.3 is 15.0 Å². The molecule has 2 atom stereocenters. The van der Waals surface area contributed by atoms with E-state index in [9.17, 15) is 19.5 Å². The summed E-state index contributed by atoms with van der Waals surface area (Å²) < 4.78 is 16.4. The van der Waals surface area contributed by atoms with E-state index < -0.39 is 36.2 Å². The van der Waals surface area contributed by atoms with Crippen molar-refractivity contribution in [2.45, 2.75) is 59.5 Å². The third kappa shape index (κ3) is 6.24. The zero-order chi connectivity index (χ0) is 26.6. The van der Waals surface area contributed by atoms with Crippen molar-refractivity contribution in [2.24, 2.45) is 5.92 Å². The fraction of sp³-hybridized carbons (Fsp3) is 0.357. The van der Waals surface area contributed by atoms with Crippen molar-refractivity contribution in [3.63, 3.8) is 0 Å². The monoisotopic (exact) mass is 493 g/mol. The number of amides is 1. The maximum Gasteiger partial charge on any atom is 0.305 e. The lowest BCUT2D eigenvalue weighted by Crippen LogP contribution is -2.40. The van der Waals surface area contributed by atoms with Gasteiger partial charge in [-0.1, -0.05) is 32.0 Å². The van der Waals surface area contributed by atoms with E-state index in [0.717, 1.165) is 28.5 Å². The van der Waals surface area contributed by atoms with Gasteiger partial charge in [0, 0.05) is 23.4 Å². The number of carboxylic acids is 1. The Labute approximate surface area is 210 Å². The van der Waals surface area contributed by atoms with Gasteiger partial charge in [0.1, 0.15) is 11.9 Å². The number of hydrogen-bond acceptors (Lipinski definition) is 4. The van der Waals surface area contributed by atoms with Crippen LogP contribution in [-0.2, 0) is 9.59 Å². The molecule has 0 fully saturated rings. The molecule has 2 N–H and O–H groups in total. The Kier molecular flexibility index (Phi) is 8.40. The molecule has 0 saturated carbocycles. The van der Waals surface area contributed by atoms with E-state index in [1.165, 1.54) is 16.7 Å². The SMILES string of the molecule is Cc1ccn([C@@H](CC(C)C)C(=O)N[C@@H](CC(=O)O)c2cc(-c3c(C)cccc3C)ncc2F)c(=O)c1. The average molecular weight is 494 g/mol. The first kappa shape index (κ1) is 26.8. The Balaban J connectivity index is 2.04. The quantitative estimate of drug-likeness (QED) is 0.442. The molecule has 0 unspecified atom stereocenters. The number of carbonyl (C=O) groups is 2. The highest BCUT2D eigenvalue weighted by Crippen LogP contribution is 2.30. The topological polar surface area (TPSA) is 101 Å². The van der Waals surface area contributed by atoms with Crippen LogP contribution in [0, 0.1) is 32.5 Å². The molecule has 190 valence electrons. The molecule has 1 aromatic carbocycles. The highest BCUT2D eigenvalue weighted by molar-refractivity contribution is 5.82. The molecule has 0 spiro atoms. The molecule has 2 heterocycles. The van der Waals surface area contributed by atoms with Gasteiger partial charge in [0.2, 0.25) is 5.91 Å². The summed E-state index contributed by atoms with van der Waals surface area (Å²) in [5, 5.41) is 12.3. The van der Waals surface area contributed by atoms with Gasteiger partial charge >= 0.3 is 5.97 Å². The molecule has 2 aromatic heterocycles. The van der Waals surface area contributed by atoms with Crippen LogP contribution in [0.5, 0.6) is 0 Å². The molecule has 3 aromatic rings. The fourth-order valence-corrected chi connectivity index (χ4v) is 4.40. The Morgan fingerprint density at radius 1 is 1.11 bits per heavy atom. The predicted molar refractivity (Wildman–Crippen MR) is 136 cm³/mol. The van der Waals surface area contributed by atoms with Crippen LogP contribution < -0.4 is 10.9 Å². The first-order valence-electron chi connectivity index (χ1n) is 11.9. The maximum atomic E-state index is 15.0. The average Bonchev–Trinajstić information content (AvgIpc) is 2.78. The van der Waals surface area contributed by atoms with Crippen molar-refractivity contribution >= 4 is 11.9 Å². The third-order valence-corrected chi connectivity index (χ3v) is 6.13. The number of rotatable bonds is 9. The van der Waals surface area contributed by atoms with E-state index in [1.54, 1.807) is 19.2 Å². The number of carbonyl (C=O) groups excluding carboxylic acids is 1. The van der Waals surface area contributed by atoms with Gasteiger partial charge in [-0.05, 0) is 61.9 Å². The van der Waals surface area contributed by atoms with Crippen molar-refractivity contribution in [3.05, 3.63) is 87.2 Å². The standard InChI is InChI=1S/C28H32FN3O4/c1-16(2)11-24(32-10-9-17(3)12-25(32)33)28(36)31-22(14-26(34)35)20-13-23(30-15-21(20)29)27-18(4)7-6-8-19(27)5/h6-10,12-13,15-16,22,24H,11,14H2,1-5H3,(H,31,36)(H,34,35)/t22-,24-/m0/s1. The molecule has 0 aliphatic carbocycles. The van der Waals surface area contributed by atoms with Crippen LogP contribution in [0.4, 0.5) is 4.39 Å². The Morgan fingerprint density at radius 2 is 1.78 bits per heavy atom. The molecular formula is C28H32FN3O4. The minimum atomic E-state index is -1.20. The van der Waals surface area contributed by atoms with E-state index in [4.69, 9.17) is 0 Å². The molecule has 0 saturated heterocycles. The summed E-state index contributed by atoms with van der Waals surface area (Å²) in [4.78, 5) is 42.0. The van der Waals surface area contributed by atoms with Crippen LogP contribution >= 0.6 is 0 Å². The van der Waals surface area contributed by atoms with Gasteiger partial charge in [0.15, 0.2) is 0 Å². The highest BCUT2D eigenvalue weighted by atomic mass is 19.1. The van der Waals surface area contributed by atoms with E-state index in [1.807, 2.05) is 45.9 Å². The van der Waals surface area contributed by atoms with Gasteiger partial charge in [-0.25, -0.2) is 4.39 Å². The summed E-state index contributed by atoms with van der Waals surface area (Å²) in [7, 11) is 0. The molecule has 3 rings (SSSR count). The van der Waals surface area contributed by atoms with Crippen LogP contribution in [0.25, 0.3) is 11.3 Å². The van der Waals surface area contributed by atoms with Crippen LogP contribution in [0.1, 0.15) is 61.0 Å². The van der Waals surface area contributed by atoms with Crippen molar-refractivity contribution in [2.75, 3.05) is 0 Å². The lowest BCUT2D eigenvalue weighted by molar-refractivity contribution is -0.138. The molecule has 0 aliphatic rings. The molecule has 36 heavy (non-hydrogen) atoms. The first-order valence-corrected chi connectivity index (χ1v) is 11.9. The second-order valence-electron chi connectivity index (χ2n) is 9.61. The first-order chi connectivity index (χ1) is 17.0. The third-order valence-electron chi connectivity index (χ3n) is 6.13. The van der Waals surface area contributed by atoms with Crippen LogP contribution in [0.15, 0.2) is 53.6 Å². The summed E-state index contributed by atoms with van der Waals surface area (Å²) in [5.41, 5.74) is 3.64. The minimum absolute atomic E-state index is 0.0259. The number of nitrogens with one attached hydrogen (secondary N) is 1. The zero-order valence-electron chi connectivity index (χ0n) is 21.2. The molecular weight excluding hydrogens is 461 g/mol. The zero-order valence-corrected chi connectivity index (χ0v) is 21.2. The van der Waals surface area contributed by atoms with Crippen LogP contribution in [0.3, 0.4) is 0 Å². The second-order valence-corrected chi connectivity index (χ2v) is 9.61. The van der Waals surface area contributed by atoms with E-state index in [-0.39, 0.29) is 17.0 Å². The summed E-state index contributed by atoms with van der Waals surface area (Å²) in [5.74, 6) is -2.39. The van der Waals surface area contributed by atoms with E-state index >= 15 is 4.39 Å². The van der Waals surface area contributed by atoms with Gasteiger partial charge in [-0.3, -0.25) is 19.4 Å². The maximum absolute atomic E-state index is 15.0. The summed E-state index contributed by atoms with van der Waals surface area (Å²) in [6.45, 7) is 9.46. The van der Waals surface area contributed by atoms with Crippen LogP contribution in [0.2, 0.25) is 0 Å². The largest absolute Gasteiger partial charge is 0.481 e. The van der Waals surface area contributed by atoms with Gasteiger partial charge in [0.05, 0.1) is 24.4 Å². The normalized spacial score (nSPS) is 12.9. The summed E-state index contributed by atoms with van der Waals surface area (Å²) in [6.07, 6.45) is 2.42. The lowest BCUT2D eigenvalue weighted by atomic mass is 9.95. The van der Waals surface area contributed by atoms with Gasteiger partial charge in [0.25, 0.3) is 5.56 Å². The second kappa shape index (κ2) is 11.3. The molecule has 0 radical (unpaired) electrons. The Hall–Kier alpha value is -3.81. The van der Waals surface area contributed by atoms with Crippen molar-refractivity contribution < 1.29 is 19.1 Å². The van der Waals surface area contributed by atoms with Gasteiger partial charge in [-0.2, -0.15) is 0 Å². The number of hydrogen-bond donors (Lipinski definition) is 2. The minimum Gasteiger partial charge on any atom is -0.481 e. The number of aromatic nitrogens is 2. The Bertz CT molecular complexity index is 1310. The smallest absolute Gasteiger partial charge is 0.305 e. The molecule has 1 amide bonds. The van der Waals surface area contributed by atoms with Crippen molar-refractivity contribution in [3.8, 4) is 11.3 Å². The fourth-order valence-electron chi connectivity index (χ4n) is 4.40. The van der Waals surface area contributed by atoms with Gasteiger partial charge in [-0.15, -0.1) is 0 Å². The van der Waals surface area contributed by atoms with E-state index in [2.05, 4.69) is 10.3 Å². The number of halogens is 1. The molecule has 0 bridgehead atoms. The molecule has 0 aliphatic heterocycles. The predicted octanol–water partition coefficient (Wildman–Crippen LogP) is 4.89. The lowest BCUT2D eigenvalue weighted by Gasteiger charge is -2.25. The number of benzene rings is 1. The van der Waals surface area contributed by atoms with Crippen molar-refractivity contribution in [1.29, 1.82) is 0 Å². The number of pyridine rings is 2. The number of aliphatic carboxylic acids is 1. The highest BCUT2D eigenvalue weighted by Gasteiger charge is 2.28. The summed E-state index contributed by atoms with van der Waals surface area (Å²) in [6, 6.07) is 8.38. The number of nitrogens with zero attached hydrogens (tertiary/aromatic N) is 2. The number of carboxylic acid groups (broad SMARTS) is 1. The molecule has 7 nitrogen and oxygen atoms in total.